The molecule has 2 N–H and O–H groups in total. The van der Waals surface area contributed by atoms with Crippen LogP contribution >= 0.6 is 0 Å². The van der Waals surface area contributed by atoms with E-state index in [1.807, 2.05) is 6.07 Å². The van der Waals surface area contributed by atoms with Crippen molar-refractivity contribution in [3.05, 3.63) is 29.8 Å². The highest BCUT2D eigenvalue weighted by Crippen LogP contribution is 2.11. The molecule has 0 saturated carbocycles. The summed E-state index contributed by atoms with van der Waals surface area (Å²) >= 11 is 0. The van der Waals surface area contributed by atoms with Crippen molar-refractivity contribution in [2.24, 2.45) is 0 Å². The van der Waals surface area contributed by atoms with Crippen LogP contribution in [0, 0.1) is 11.3 Å². The molecule has 0 aliphatic carbocycles. The van der Waals surface area contributed by atoms with E-state index in [0.717, 1.165) is 5.56 Å². The summed E-state index contributed by atoms with van der Waals surface area (Å²) in [6.07, 6.45) is 0.768. The molecule has 0 amide bonds. The highest BCUT2D eigenvalue weighted by Gasteiger charge is 2.18. The molecular weight excluding hydrogens is 252 g/mol. The fraction of sp³-hybridized carbons (Fsp3) is 0.417. The fourth-order valence-electron chi connectivity index (χ4n) is 1.41. The quantitative estimate of drug-likeness (QED) is 0.798. The summed E-state index contributed by atoms with van der Waals surface area (Å²) in [6.45, 7) is 1.56. The maximum absolute atomic E-state index is 11.9. The lowest BCUT2D eigenvalue weighted by atomic mass is 10.2. The van der Waals surface area contributed by atoms with E-state index in [-0.39, 0.29) is 17.9 Å². The third-order valence-corrected chi connectivity index (χ3v) is 4.09. The van der Waals surface area contributed by atoms with Gasteiger partial charge in [0.25, 0.3) is 0 Å². The lowest BCUT2D eigenvalue weighted by molar-refractivity contribution is 0.254. The van der Waals surface area contributed by atoms with Gasteiger partial charge >= 0.3 is 0 Å². The van der Waals surface area contributed by atoms with Gasteiger partial charge in [-0.2, -0.15) is 5.26 Å². The number of benzene rings is 1. The van der Waals surface area contributed by atoms with Crippen molar-refractivity contribution in [2.75, 3.05) is 6.61 Å². The number of hydrogen-bond donors (Lipinski definition) is 2. The monoisotopic (exact) mass is 268 g/mol. The van der Waals surface area contributed by atoms with Gasteiger partial charge in [-0.25, -0.2) is 13.1 Å². The molecule has 1 aromatic rings. The van der Waals surface area contributed by atoms with Gasteiger partial charge in [0.05, 0.1) is 24.0 Å². The van der Waals surface area contributed by atoms with Gasteiger partial charge in [0.2, 0.25) is 10.0 Å². The van der Waals surface area contributed by atoms with Crippen molar-refractivity contribution in [1.82, 2.24) is 4.72 Å². The molecule has 5 nitrogen and oxygen atoms in total. The van der Waals surface area contributed by atoms with Crippen molar-refractivity contribution in [3.63, 3.8) is 0 Å². The number of aliphatic hydroxyl groups is 1. The highest BCUT2D eigenvalue weighted by molar-refractivity contribution is 7.89. The maximum atomic E-state index is 11.9. The van der Waals surface area contributed by atoms with Crippen molar-refractivity contribution < 1.29 is 13.5 Å². The van der Waals surface area contributed by atoms with Crippen molar-refractivity contribution in [2.45, 2.75) is 30.7 Å². The second-order valence-electron chi connectivity index (χ2n) is 3.89. The summed E-state index contributed by atoms with van der Waals surface area (Å²) in [5.74, 6) is 0. The molecule has 6 heteroatoms. The van der Waals surface area contributed by atoms with Gasteiger partial charge in [0.1, 0.15) is 0 Å². The summed E-state index contributed by atoms with van der Waals surface area (Å²) in [7, 11) is -3.61. The minimum atomic E-state index is -3.61. The molecule has 0 radical (unpaired) electrons. The number of nitriles is 1. The molecule has 0 aromatic heterocycles. The van der Waals surface area contributed by atoms with E-state index < -0.39 is 16.1 Å². The zero-order valence-corrected chi connectivity index (χ0v) is 10.9. The average molecular weight is 268 g/mol. The first-order valence-corrected chi connectivity index (χ1v) is 7.11. The van der Waals surface area contributed by atoms with Crippen LogP contribution in [0.4, 0.5) is 0 Å². The summed E-state index contributed by atoms with van der Waals surface area (Å²) in [4.78, 5) is 0.135. The van der Waals surface area contributed by atoms with Crippen molar-refractivity contribution in [1.29, 1.82) is 5.26 Å². The van der Waals surface area contributed by atoms with Gasteiger partial charge in [0.15, 0.2) is 0 Å². The van der Waals surface area contributed by atoms with Gasteiger partial charge < -0.3 is 5.11 Å². The summed E-state index contributed by atoms with van der Waals surface area (Å²) in [6, 6.07) is 7.65. The maximum Gasteiger partial charge on any atom is 0.240 e. The van der Waals surface area contributed by atoms with Gasteiger partial charge in [-0.1, -0.05) is 19.1 Å². The summed E-state index contributed by atoms with van der Waals surface area (Å²) in [5, 5.41) is 17.5. The Morgan fingerprint density at radius 1 is 1.39 bits per heavy atom. The molecule has 1 aromatic carbocycles. The molecule has 0 bridgehead atoms. The van der Waals surface area contributed by atoms with Crippen LogP contribution in [0.1, 0.15) is 18.9 Å². The number of aliphatic hydroxyl groups excluding tert-OH is 1. The van der Waals surface area contributed by atoms with Gasteiger partial charge in [-0.3, -0.25) is 0 Å². The van der Waals surface area contributed by atoms with E-state index in [1.54, 1.807) is 19.1 Å². The van der Waals surface area contributed by atoms with Crippen LogP contribution in [0.5, 0.6) is 0 Å². The zero-order valence-electron chi connectivity index (χ0n) is 10.1. The Bertz CT molecular complexity index is 513. The predicted molar refractivity (Wildman–Crippen MR) is 67.2 cm³/mol. The van der Waals surface area contributed by atoms with Crippen LogP contribution in [0.3, 0.4) is 0 Å². The number of sulfonamides is 1. The van der Waals surface area contributed by atoms with Crippen molar-refractivity contribution >= 4 is 10.0 Å². The Balaban J connectivity index is 2.88. The SMILES string of the molecule is CCC(CO)NS(=O)(=O)c1ccc(CC#N)cc1. The Kier molecular flexibility index (Phi) is 5.28. The zero-order chi connectivity index (χ0) is 13.6. The second kappa shape index (κ2) is 6.50. The molecule has 0 aliphatic heterocycles. The third kappa shape index (κ3) is 3.81. The number of rotatable bonds is 6. The Morgan fingerprint density at radius 2 is 2.00 bits per heavy atom. The molecule has 0 saturated heterocycles. The number of nitrogens with one attached hydrogen (secondary N) is 1. The summed E-state index contributed by atoms with van der Waals surface area (Å²) < 4.78 is 26.3. The van der Waals surface area contributed by atoms with Crippen LogP contribution < -0.4 is 4.72 Å². The molecule has 98 valence electrons. The lowest BCUT2D eigenvalue weighted by Crippen LogP contribution is -2.36. The van der Waals surface area contributed by atoms with Crippen LogP contribution in [0.15, 0.2) is 29.2 Å². The van der Waals surface area contributed by atoms with Gasteiger partial charge in [-0.15, -0.1) is 0 Å². The van der Waals surface area contributed by atoms with Crippen LogP contribution in [0.25, 0.3) is 0 Å². The molecule has 0 aliphatic rings. The molecule has 1 atom stereocenters. The topological polar surface area (TPSA) is 90.2 Å². The lowest BCUT2D eigenvalue weighted by Gasteiger charge is -2.14. The molecule has 0 heterocycles. The molecule has 1 unspecified atom stereocenters. The fourth-order valence-corrected chi connectivity index (χ4v) is 2.73. The smallest absolute Gasteiger partial charge is 0.240 e. The van der Waals surface area contributed by atoms with Gasteiger partial charge in [0, 0.05) is 6.04 Å². The molecular formula is C12H16N2O3S. The Labute approximate surface area is 107 Å². The first-order chi connectivity index (χ1) is 8.53. The van der Waals surface area contributed by atoms with Crippen LogP contribution in [0.2, 0.25) is 0 Å². The third-order valence-electron chi connectivity index (χ3n) is 2.55. The first kappa shape index (κ1) is 14.6. The average Bonchev–Trinajstić information content (AvgIpc) is 2.37. The van der Waals surface area contributed by atoms with Crippen molar-refractivity contribution in [3.8, 4) is 6.07 Å². The van der Waals surface area contributed by atoms with E-state index in [0.29, 0.717) is 6.42 Å². The summed E-state index contributed by atoms with van der Waals surface area (Å²) in [5.41, 5.74) is 0.769. The van der Waals surface area contributed by atoms with E-state index in [2.05, 4.69) is 4.72 Å². The molecule has 0 spiro atoms. The van der Waals surface area contributed by atoms with E-state index in [9.17, 15) is 8.42 Å². The Hall–Kier alpha value is -1.42. The normalized spacial score (nSPS) is 12.9. The number of hydrogen-bond acceptors (Lipinski definition) is 4. The van der Waals surface area contributed by atoms with E-state index in [4.69, 9.17) is 10.4 Å². The second-order valence-corrected chi connectivity index (χ2v) is 5.60. The minimum absolute atomic E-state index is 0.135. The predicted octanol–water partition coefficient (Wildman–Crippen LogP) is 0.802. The molecule has 18 heavy (non-hydrogen) atoms. The largest absolute Gasteiger partial charge is 0.395 e. The first-order valence-electron chi connectivity index (χ1n) is 5.62. The highest BCUT2D eigenvalue weighted by atomic mass is 32.2. The minimum Gasteiger partial charge on any atom is -0.395 e. The number of nitrogens with zero attached hydrogens (tertiary/aromatic N) is 1. The van der Waals surface area contributed by atoms with Crippen LogP contribution in [-0.4, -0.2) is 26.2 Å². The Morgan fingerprint density at radius 3 is 2.44 bits per heavy atom. The van der Waals surface area contributed by atoms with Crippen LogP contribution in [-0.2, 0) is 16.4 Å². The van der Waals surface area contributed by atoms with E-state index >= 15 is 0 Å². The standard InChI is InChI=1S/C12H16N2O3S/c1-2-11(9-15)14-18(16,17)12-5-3-10(4-6-12)7-8-13/h3-6,11,14-15H,2,7,9H2,1H3. The molecule has 0 fully saturated rings. The molecule has 1 rings (SSSR count). The van der Waals surface area contributed by atoms with Gasteiger partial charge in [-0.05, 0) is 24.1 Å². The van der Waals surface area contributed by atoms with E-state index in [1.165, 1.54) is 12.1 Å².